The van der Waals surface area contributed by atoms with Gasteiger partial charge in [-0.05, 0) is 48.2 Å². The number of hydrogen-bond donors (Lipinski definition) is 2. The van der Waals surface area contributed by atoms with Crippen LogP contribution in [0.2, 0.25) is 0 Å². The van der Waals surface area contributed by atoms with E-state index in [4.69, 9.17) is 10.2 Å². The van der Waals surface area contributed by atoms with E-state index in [0.29, 0.717) is 0 Å². The van der Waals surface area contributed by atoms with Crippen molar-refractivity contribution >= 4 is 11.9 Å². The van der Waals surface area contributed by atoms with Crippen molar-refractivity contribution in [2.45, 2.75) is 20.3 Å². The maximum Gasteiger partial charge on any atom is 0.335 e. The second kappa shape index (κ2) is 5.79. The molecule has 0 spiro atoms. The Labute approximate surface area is 122 Å². The van der Waals surface area contributed by atoms with E-state index in [0.717, 1.165) is 27.8 Å². The van der Waals surface area contributed by atoms with Crippen LogP contribution >= 0.6 is 0 Å². The van der Waals surface area contributed by atoms with Crippen molar-refractivity contribution in [2.75, 3.05) is 0 Å². The molecule has 21 heavy (non-hydrogen) atoms. The summed E-state index contributed by atoms with van der Waals surface area (Å²) in [6.07, 6.45) is -0.0598. The van der Waals surface area contributed by atoms with Crippen LogP contribution < -0.4 is 0 Å². The standard InChI is InChI=1S/C17H16O4/c1-10-3-4-12(9-16(18)19)15(7-10)14-6-5-13(17(20)21)8-11(14)2/h3-8H,9H2,1-2H3,(H,18,19)(H,20,21). The van der Waals surface area contributed by atoms with Crippen LogP contribution in [0.1, 0.15) is 27.0 Å². The molecular weight excluding hydrogens is 268 g/mol. The zero-order chi connectivity index (χ0) is 15.6. The number of hydrogen-bond acceptors (Lipinski definition) is 2. The van der Waals surface area contributed by atoms with Crippen molar-refractivity contribution in [3.8, 4) is 11.1 Å². The second-order valence-corrected chi connectivity index (χ2v) is 5.07. The Hall–Kier alpha value is -2.62. The predicted octanol–water partition coefficient (Wildman–Crippen LogP) is 3.30. The maximum absolute atomic E-state index is 11.0. The Balaban J connectivity index is 2.57. The summed E-state index contributed by atoms with van der Waals surface area (Å²) in [6.45, 7) is 3.77. The quantitative estimate of drug-likeness (QED) is 0.903. The normalized spacial score (nSPS) is 10.4. The van der Waals surface area contributed by atoms with Crippen molar-refractivity contribution in [3.05, 3.63) is 58.7 Å². The molecule has 2 N–H and O–H groups in total. The number of carboxylic acid groups (broad SMARTS) is 2. The summed E-state index contributed by atoms with van der Waals surface area (Å²) in [7, 11) is 0. The summed E-state index contributed by atoms with van der Waals surface area (Å²) in [4.78, 5) is 22.0. The lowest BCUT2D eigenvalue weighted by atomic mass is 9.92. The smallest absolute Gasteiger partial charge is 0.335 e. The van der Waals surface area contributed by atoms with Gasteiger partial charge in [0.05, 0.1) is 12.0 Å². The van der Waals surface area contributed by atoms with E-state index in [1.165, 1.54) is 6.07 Å². The van der Waals surface area contributed by atoms with Gasteiger partial charge in [-0.3, -0.25) is 4.79 Å². The van der Waals surface area contributed by atoms with Gasteiger partial charge >= 0.3 is 11.9 Å². The van der Waals surface area contributed by atoms with Crippen LogP contribution in [0.15, 0.2) is 36.4 Å². The molecule has 0 fully saturated rings. The van der Waals surface area contributed by atoms with Gasteiger partial charge in [-0.2, -0.15) is 0 Å². The summed E-state index contributed by atoms with van der Waals surface area (Å²) in [5.41, 5.74) is 4.49. The first-order chi connectivity index (χ1) is 9.88. The Bertz CT molecular complexity index is 717. The SMILES string of the molecule is Cc1ccc(CC(=O)O)c(-c2ccc(C(=O)O)cc2C)c1. The summed E-state index contributed by atoms with van der Waals surface area (Å²) in [5, 5.41) is 18.0. The molecule has 0 atom stereocenters. The van der Waals surface area contributed by atoms with Gasteiger partial charge in [0.1, 0.15) is 0 Å². The summed E-state index contributed by atoms with van der Waals surface area (Å²) < 4.78 is 0. The van der Waals surface area contributed by atoms with Crippen LogP contribution in [0.25, 0.3) is 11.1 Å². The first-order valence-electron chi connectivity index (χ1n) is 6.54. The van der Waals surface area contributed by atoms with Gasteiger partial charge < -0.3 is 10.2 Å². The van der Waals surface area contributed by atoms with Gasteiger partial charge in [-0.15, -0.1) is 0 Å². The maximum atomic E-state index is 11.0. The van der Waals surface area contributed by atoms with E-state index in [1.54, 1.807) is 12.1 Å². The highest BCUT2D eigenvalue weighted by atomic mass is 16.4. The molecule has 0 radical (unpaired) electrons. The van der Waals surface area contributed by atoms with E-state index < -0.39 is 11.9 Å². The fourth-order valence-corrected chi connectivity index (χ4v) is 2.36. The molecule has 0 unspecified atom stereocenters. The van der Waals surface area contributed by atoms with Crippen LogP contribution in [0, 0.1) is 13.8 Å². The summed E-state index contributed by atoms with van der Waals surface area (Å²) in [5.74, 6) is -1.86. The van der Waals surface area contributed by atoms with Gasteiger partial charge in [0.15, 0.2) is 0 Å². The molecule has 0 saturated carbocycles. The van der Waals surface area contributed by atoms with Gasteiger partial charge in [0.25, 0.3) is 0 Å². The van der Waals surface area contributed by atoms with E-state index in [2.05, 4.69) is 0 Å². The molecule has 0 aromatic heterocycles. The summed E-state index contributed by atoms with van der Waals surface area (Å²) >= 11 is 0. The molecule has 108 valence electrons. The molecule has 0 amide bonds. The fraction of sp³-hybridized carbons (Fsp3) is 0.176. The van der Waals surface area contributed by atoms with E-state index in [1.807, 2.05) is 32.0 Å². The highest BCUT2D eigenvalue weighted by molar-refractivity contribution is 5.89. The average Bonchev–Trinajstić information content (AvgIpc) is 2.40. The molecule has 2 aromatic carbocycles. The number of carbonyl (C=O) groups is 2. The fourth-order valence-electron chi connectivity index (χ4n) is 2.36. The topological polar surface area (TPSA) is 74.6 Å². The molecule has 4 heteroatoms. The van der Waals surface area contributed by atoms with Crippen molar-refractivity contribution in [3.63, 3.8) is 0 Å². The van der Waals surface area contributed by atoms with Gasteiger partial charge in [0.2, 0.25) is 0 Å². The molecule has 0 aliphatic heterocycles. The van der Waals surface area contributed by atoms with Gasteiger partial charge in [0, 0.05) is 0 Å². The molecular formula is C17H16O4. The van der Waals surface area contributed by atoms with E-state index in [-0.39, 0.29) is 12.0 Å². The van der Waals surface area contributed by atoms with Crippen molar-refractivity contribution < 1.29 is 19.8 Å². The minimum atomic E-state index is -0.973. The largest absolute Gasteiger partial charge is 0.481 e. The number of carboxylic acids is 2. The number of aryl methyl sites for hydroxylation is 2. The molecule has 0 heterocycles. The lowest BCUT2D eigenvalue weighted by Gasteiger charge is -2.12. The minimum Gasteiger partial charge on any atom is -0.481 e. The minimum absolute atomic E-state index is 0.0598. The van der Waals surface area contributed by atoms with Crippen LogP contribution in [-0.2, 0) is 11.2 Å². The number of aliphatic carboxylic acids is 1. The van der Waals surface area contributed by atoms with E-state index in [9.17, 15) is 9.59 Å². The van der Waals surface area contributed by atoms with E-state index >= 15 is 0 Å². The van der Waals surface area contributed by atoms with Crippen LogP contribution in [0.3, 0.4) is 0 Å². The number of aromatic carboxylic acids is 1. The van der Waals surface area contributed by atoms with Crippen molar-refractivity contribution in [2.24, 2.45) is 0 Å². The molecule has 0 bridgehead atoms. The van der Waals surface area contributed by atoms with Crippen LogP contribution in [0.5, 0.6) is 0 Å². The molecule has 0 saturated heterocycles. The molecule has 0 aliphatic carbocycles. The molecule has 4 nitrogen and oxygen atoms in total. The Morgan fingerprint density at radius 2 is 1.67 bits per heavy atom. The van der Waals surface area contributed by atoms with Crippen LogP contribution in [-0.4, -0.2) is 22.2 Å². The predicted molar refractivity (Wildman–Crippen MR) is 79.7 cm³/mol. The van der Waals surface area contributed by atoms with Crippen molar-refractivity contribution in [1.29, 1.82) is 0 Å². The first-order valence-corrected chi connectivity index (χ1v) is 6.54. The Morgan fingerprint density at radius 3 is 2.24 bits per heavy atom. The Kier molecular flexibility index (Phi) is 4.08. The highest BCUT2D eigenvalue weighted by Gasteiger charge is 2.12. The van der Waals surface area contributed by atoms with Gasteiger partial charge in [-0.25, -0.2) is 4.79 Å². The zero-order valence-electron chi connectivity index (χ0n) is 11.9. The lowest BCUT2D eigenvalue weighted by molar-refractivity contribution is -0.136. The third kappa shape index (κ3) is 3.28. The molecule has 2 aromatic rings. The number of benzene rings is 2. The zero-order valence-corrected chi connectivity index (χ0v) is 11.9. The third-order valence-electron chi connectivity index (χ3n) is 3.37. The molecule has 0 aliphatic rings. The van der Waals surface area contributed by atoms with Gasteiger partial charge in [-0.1, -0.05) is 29.8 Å². The van der Waals surface area contributed by atoms with Crippen LogP contribution in [0.4, 0.5) is 0 Å². The average molecular weight is 284 g/mol. The highest BCUT2D eigenvalue weighted by Crippen LogP contribution is 2.29. The monoisotopic (exact) mass is 284 g/mol. The number of rotatable bonds is 4. The second-order valence-electron chi connectivity index (χ2n) is 5.07. The Morgan fingerprint density at radius 1 is 0.952 bits per heavy atom. The van der Waals surface area contributed by atoms with Crippen molar-refractivity contribution in [1.82, 2.24) is 0 Å². The first kappa shape index (κ1) is 14.8. The lowest BCUT2D eigenvalue weighted by Crippen LogP contribution is -2.03. The molecule has 2 rings (SSSR count). The summed E-state index contributed by atoms with van der Waals surface area (Å²) in [6, 6.07) is 10.5. The third-order valence-corrected chi connectivity index (χ3v) is 3.37.